The molecule has 22 heavy (non-hydrogen) atoms. The quantitative estimate of drug-likeness (QED) is 0.893. The topological polar surface area (TPSA) is 54.0 Å². The lowest BCUT2D eigenvalue weighted by molar-refractivity contribution is -0.115. The number of benzene rings is 1. The van der Waals surface area contributed by atoms with Gasteiger partial charge in [-0.05, 0) is 44.0 Å². The number of hydrogen-bond acceptors (Lipinski definition) is 4. The van der Waals surface area contributed by atoms with Crippen LogP contribution >= 0.6 is 11.3 Å². The Balaban J connectivity index is 1.67. The van der Waals surface area contributed by atoms with Gasteiger partial charge in [-0.1, -0.05) is 12.5 Å². The summed E-state index contributed by atoms with van der Waals surface area (Å²) in [6.07, 6.45) is 4.19. The molecule has 1 unspecified atom stereocenters. The Kier molecular flexibility index (Phi) is 3.47. The fourth-order valence-electron chi connectivity index (χ4n) is 3.27. The molecule has 0 saturated carbocycles. The Morgan fingerprint density at radius 3 is 3.05 bits per heavy atom. The molecule has 0 spiro atoms. The molecule has 2 N–H and O–H groups in total. The monoisotopic (exact) mass is 313 g/mol. The smallest absolute Gasteiger partial charge is 0.228 e. The van der Waals surface area contributed by atoms with Crippen LogP contribution in [0.3, 0.4) is 0 Å². The Morgan fingerprint density at radius 1 is 1.32 bits per heavy atom. The third-order valence-electron chi connectivity index (χ3n) is 4.43. The molecule has 2 aromatic rings. The standard InChI is InChI=1S/C17H19N3OS/c1-10-16(20-17(22-10)14-4-2-3-7-18-14)11-5-6-13-12(8-11)9-15(21)19-13/h5-6,8,14,18H,2-4,7,9H2,1H3,(H,19,21). The molecule has 1 fully saturated rings. The molecule has 114 valence electrons. The normalized spacial score (nSPS) is 20.8. The highest BCUT2D eigenvalue weighted by Gasteiger charge is 2.22. The number of aromatic nitrogens is 1. The zero-order valence-corrected chi connectivity index (χ0v) is 13.4. The van der Waals surface area contributed by atoms with E-state index in [1.165, 1.54) is 29.1 Å². The van der Waals surface area contributed by atoms with Gasteiger partial charge in [0.2, 0.25) is 5.91 Å². The van der Waals surface area contributed by atoms with Crippen molar-refractivity contribution in [3.63, 3.8) is 0 Å². The van der Waals surface area contributed by atoms with Gasteiger partial charge < -0.3 is 10.6 Å². The lowest BCUT2D eigenvalue weighted by Gasteiger charge is -2.21. The minimum absolute atomic E-state index is 0.0780. The van der Waals surface area contributed by atoms with Crippen molar-refractivity contribution in [2.45, 2.75) is 38.6 Å². The van der Waals surface area contributed by atoms with Crippen molar-refractivity contribution in [2.24, 2.45) is 0 Å². The maximum absolute atomic E-state index is 11.5. The van der Waals surface area contributed by atoms with Crippen LogP contribution in [-0.2, 0) is 11.2 Å². The van der Waals surface area contributed by atoms with E-state index >= 15 is 0 Å². The lowest BCUT2D eigenvalue weighted by Crippen LogP contribution is -2.26. The first-order chi connectivity index (χ1) is 10.7. The summed E-state index contributed by atoms with van der Waals surface area (Å²) < 4.78 is 0. The molecule has 2 aliphatic heterocycles. The van der Waals surface area contributed by atoms with Crippen LogP contribution in [0.4, 0.5) is 5.69 Å². The van der Waals surface area contributed by atoms with E-state index in [1.54, 1.807) is 11.3 Å². The van der Waals surface area contributed by atoms with Gasteiger partial charge in [0.1, 0.15) is 5.01 Å². The van der Waals surface area contributed by atoms with Crippen molar-refractivity contribution in [3.05, 3.63) is 33.6 Å². The van der Waals surface area contributed by atoms with E-state index in [2.05, 4.69) is 29.7 Å². The van der Waals surface area contributed by atoms with E-state index in [0.29, 0.717) is 12.5 Å². The number of piperidine rings is 1. The molecule has 1 aromatic heterocycles. The van der Waals surface area contributed by atoms with E-state index in [4.69, 9.17) is 4.98 Å². The van der Waals surface area contributed by atoms with Crippen LogP contribution < -0.4 is 10.6 Å². The predicted octanol–water partition coefficient (Wildman–Crippen LogP) is 3.43. The van der Waals surface area contributed by atoms with E-state index in [9.17, 15) is 4.79 Å². The average Bonchev–Trinajstić information content (AvgIpc) is 3.09. The SMILES string of the molecule is Cc1sc(C2CCCCN2)nc1-c1ccc2c(c1)CC(=O)N2. The third kappa shape index (κ3) is 2.44. The van der Waals surface area contributed by atoms with Crippen LogP contribution in [0.2, 0.25) is 0 Å². The van der Waals surface area contributed by atoms with Crippen LogP contribution in [0.15, 0.2) is 18.2 Å². The molecule has 1 atom stereocenters. The Morgan fingerprint density at radius 2 is 2.23 bits per heavy atom. The number of carbonyl (C=O) groups excluding carboxylic acids is 1. The van der Waals surface area contributed by atoms with Crippen LogP contribution in [0.1, 0.15) is 40.8 Å². The van der Waals surface area contributed by atoms with E-state index in [-0.39, 0.29) is 5.91 Å². The molecule has 4 nitrogen and oxygen atoms in total. The van der Waals surface area contributed by atoms with Gasteiger partial charge in [-0.15, -0.1) is 11.3 Å². The summed E-state index contributed by atoms with van der Waals surface area (Å²) in [7, 11) is 0. The molecule has 3 heterocycles. The third-order valence-corrected chi connectivity index (χ3v) is 5.51. The summed E-state index contributed by atoms with van der Waals surface area (Å²) >= 11 is 1.79. The molecule has 0 bridgehead atoms. The minimum atomic E-state index is 0.0780. The van der Waals surface area contributed by atoms with Crippen LogP contribution in [0, 0.1) is 6.92 Å². The number of carbonyl (C=O) groups is 1. The number of anilines is 1. The molecule has 2 aliphatic rings. The minimum Gasteiger partial charge on any atom is -0.326 e. The van der Waals surface area contributed by atoms with Crippen molar-refractivity contribution in [2.75, 3.05) is 11.9 Å². The number of nitrogens with zero attached hydrogens (tertiary/aromatic N) is 1. The molecule has 5 heteroatoms. The summed E-state index contributed by atoms with van der Waals surface area (Å²) in [5.74, 6) is 0.0780. The number of rotatable bonds is 2. The fraction of sp³-hybridized carbons (Fsp3) is 0.412. The Bertz CT molecular complexity index is 732. The van der Waals surface area contributed by atoms with E-state index in [1.807, 2.05) is 6.07 Å². The molecule has 1 saturated heterocycles. The van der Waals surface area contributed by atoms with Crippen LogP contribution in [0.25, 0.3) is 11.3 Å². The maximum atomic E-state index is 11.5. The number of amides is 1. The van der Waals surface area contributed by atoms with Gasteiger partial charge in [-0.25, -0.2) is 4.98 Å². The number of hydrogen-bond donors (Lipinski definition) is 2. The Labute approximate surface area is 134 Å². The molecular formula is C17H19N3OS. The Hall–Kier alpha value is -1.72. The highest BCUT2D eigenvalue weighted by Crippen LogP contribution is 2.35. The summed E-state index contributed by atoms with van der Waals surface area (Å²) in [4.78, 5) is 17.6. The first kappa shape index (κ1) is 13.9. The second kappa shape index (κ2) is 5.48. The summed E-state index contributed by atoms with van der Waals surface area (Å²) in [5, 5.41) is 7.65. The van der Waals surface area contributed by atoms with Crippen LogP contribution in [-0.4, -0.2) is 17.4 Å². The number of thiazole rings is 1. The average molecular weight is 313 g/mol. The molecular weight excluding hydrogens is 294 g/mol. The highest BCUT2D eigenvalue weighted by atomic mass is 32.1. The number of nitrogens with one attached hydrogen (secondary N) is 2. The largest absolute Gasteiger partial charge is 0.326 e. The summed E-state index contributed by atoms with van der Waals surface area (Å²) in [5.41, 5.74) is 4.20. The highest BCUT2D eigenvalue weighted by molar-refractivity contribution is 7.12. The van der Waals surface area contributed by atoms with Crippen molar-refractivity contribution in [1.29, 1.82) is 0 Å². The zero-order chi connectivity index (χ0) is 15.1. The number of fused-ring (bicyclic) bond motifs is 1. The molecule has 0 radical (unpaired) electrons. The van der Waals surface area contributed by atoms with Gasteiger partial charge in [0.05, 0.1) is 18.2 Å². The lowest BCUT2D eigenvalue weighted by atomic mass is 10.0. The van der Waals surface area contributed by atoms with Crippen molar-refractivity contribution in [1.82, 2.24) is 10.3 Å². The second-order valence-corrected chi connectivity index (χ2v) is 7.29. The molecule has 4 rings (SSSR count). The van der Waals surface area contributed by atoms with Gasteiger partial charge in [0.25, 0.3) is 0 Å². The van der Waals surface area contributed by atoms with E-state index < -0.39 is 0 Å². The number of aryl methyl sites for hydroxylation is 1. The molecule has 0 aliphatic carbocycles. The van der Waals surface area contributed by atoms with Crippen molar-refractivity contribution < 1.29 is 4.79 Å². The first-order valence-corrected chi connectivity index (χ1v) is 8.66. The molecule has 1 aromatic carbocycles. The van der Waals surface area contributed by atoms with Gasteiger partial charge in [0, 0.05) is 16.1 Å². The fourth-order valence-corrected chi connectivity index (χ4v) is 4.33. The van der Waals surface area contributed by atoms with Crippen molar-refractivity contribution >= 4 is 22.9 Å². The summed E-state index contributed by atoms with van der Waals surface area (Å²) in [6, 6.07) is 6.56. The van der Waals surface area contributed by atoms with Crippen molar-refractivity contribution in [3.8, 4) is 11.3 Å². The summed E-state index contributed by atoms with van der Waals surface area (Å²) in [6.45, 7) is 3.22. The van der Waals surface area contributed by atoms with Gasteiger partial charge in [0.15, 0.2) is 0 Å². The maximum Gasteiger partial charge on any atom is 0.228 e. The van der Waals surface area contributed by atoms with E-state index in [0.717, 1.165) is 29.1 Å². The van der Waals surface area contributed by atoms with Crippen LogP contribution in [0.5, 0.6) is 0 Å². The molecule has 1 amide bonds. The van der Waals surface area contributed by atoms with Gasteiger partial charge in [-0.2, -0.15) is 0 Å². The van der Waals surface area contributed by atoms with Gasteiger partial charge >= 0.3 is 0 Å². The predicted molar refractivity (Wildman–Crippen MR) is 89.2 cm³/mol. The zero-order valence-electron chi connectivity index (χ0n) is 12.6. The van der Waals surface area contributed by atoms with Gasteiger partial charge in [-0.3, -0.25) is 4.79 Å². The second-order valence-electron chi connectivity index (χ2n) is 6.06. The first-order valence-electron chi connectivity index (χ1n) is 7.84.